The van der Waals surface area contributed by atoms with Gasteiger partial charge in [0.2, 0.25) is 0 Å². The Hall–Kier alpha value is -3.17. The molecule has 0 radical (unpaired) electrons. The summed E-state index contributed by atoms with van der Waals surface area (Å²) < 4.78 is 30.2. The van der Waals surface area contributed by atoms with Crippen LogP contribution in [-0.4, -0.2) is 24.4 Å². The van der Waals surface area contributed by atoms with Crippen LogP contribution in [-0.2, 0) is 24.4 Å². The maximum Gasteiger partial charge on any atom is 0.319 e. The lowest BCUT2D eigenvalue weighted by molar-refractivity contribution is -0.0172. The van der Waals surface area contributed by atoms with Crippen molar-refractivity contribution in [3.8, 4) is 11.5 Å². The van der Waals surface area contributed by atoms with Crippen molar-refractivity contribution in [3.05, 3.63) is 69.9 Å². The lowest BCUT2D eigenvalue weighted by Gasteiger charge is -2.21. The lowest BCUT2D eigenvalue weighted by Crippen LogP contribution is -2.30. The summed E-state index contributed by atoms with van der Waals surface area (Å²) in [6, 6.07) is 9.58. The fourth-order valence-corrected chi connectivity index (χ4v) is 3.60. The van der Waals surface area contributed by atoms with E-state index in [2.05, 4.69) is 15.6 Å². The van der Waals surface area contributed by atoms with Gasteiger partial charge in [0.05, 0.1) is 17.8 Å². The number of aromatic nitrogens is 1. The highest BCUT2D eigenvalue weighted by atomic mass is 32.1. The van der Waals surface area contributed by atoms with E-state index in [-0.39, 0.29) is 18.6 Å². The van der Waals surface area contributed by atoms with Gasteiger partial charge in [-0.05, 0) is 36.2 Å². The molecule has 0 atom stereocenters. The second-order valence-electron chi connectivity index (χ2n) is 6.59. The first-order valence-electron chi connectivity index (χ1n) is 9.34. The number of hydrogen-bond acceptors (Lipinski definition) is 6. The summed E-state index contributed by atoms with van der Waals surface area (Å²) >= 11 is 1.51. The van der Waals surface area contributed by atoms with Crippen molar-refractivity contribution in [2.45, 2.75) is 19.6 Å². The van der Waals surface area contributed by atoms with Gasteiger partial charge in [-0.2, -0.15) is 0 Å². The summed E-state index contributed by atoms with van der Waals surface area (Å²) in [5, 5.41) is 7.46. The van der Waals surface area contributed by atoms with E-state index < -0.39 is 0 Å². The van der Waals surface area contributed by atoms with E-state index in [0.29, 0.717) is 54.5 Å². The zero-order valence-electron chi connectivity index (χ0n) is 16.0. The first-order valence-corrected chi connectivity index (χ1v) is 10.3. The van der Waals surface area contributed by atoms with Crippen molar-refractivity contribution >= 4 is 23.1 Å². The molecule has 2 aromatic carbocycles. The third kappa shape index (κ3) is 5.25. The molecule has 0 saturated heterocycles. The van der Waals surface area contributed by atoms with Crippen LogP contribution >= 0.6 is 11.3 Å². The lowest BCUT2D eigenvalue weighted by atomic mass is 10.1. The van der Waals surface area contributed by atoms with Crippen molar-refractivity contribution in [2.24, 2.45) is 0 Å². The van der Waals surface area contributed by atoms with Gasteiger partial charge in [-0.15, -0.1) is 11.3 Å². The smallest absolute Gasteiger partial charge is 0.319 e. The summed E-state index contributed by atoms with van der Waals surface area (Å²) in [5.41, 5.74) is 4.58. The van der Waals surface area contributed by atoms with E-state index in [1.165, 1.54) is 23.5 Å². The van der Waals surface area contributed by atoms with E-state index >= 15 is 0 Å². The maximum absolute atomic E-state index is 13.8. The SMILES string of the molecule is O=C(NCCc1cc(F)cc2c1OCOC2)Nc1cccc(OCc2cscn2)c1. The zero-order valence-corrected chi connectivity index (χ0v) is 16.8. The summed E-state index contributed by atoms with van der Waals surface area (Å²) in [6.07, 6.45) is 0.435. The molecule has 4 rings (SSSR count). The van der Waals surface area contributed by atoms with Crippen LogP contribution in [0.1, 0.15) is 16.8 Å². The molecule has 0 unspecified atom stereocenters. The van der Waals surface area contributed by atoms with Crippen LogP contribution < -0.4 is 20.1 Å². The molecule has 0 fully saturated rings. The number of amides is 2. The number of benzene rings is 2. The Labute approximate surface area is 176 Å². The molecule has 3 aromatic rings. The number of ether oxygens (including phenoxy) is 3. The molecular formula is C21H20FN3O4S. The molecule has 2 heterocycles. The second kappa shape index (κ2) is 9.55. The van der Waals surface area contributed by atoms with Gasteiger partial charge in [0.25, 0.3) is 0 Å². The van der Waals surface area contributed by atoms with E-state index in [1.54, 1.807) is 23.7 Å². The summed E-state index contributed by atoms with van der Waals surface area (Å²) in [4.78, 5) is 16.4. The number of urea groups is 1. The zero-order chi connectivity index (χ0) is 20.8. The molecule has 2 amide bonds. The summed E-state index contributed by atoms with van der Waals surface area (Å²) in [7, 11) is 0. The number of carbonyl (C=O) groups is 1. The van der Waals surface area contributed by atoms with Crippen LogP contribution in [0.4, 0.5) is 14.9 Å². The summed E-state index contributed by atoms with van der Waals surface area (Å²) in [5.74, 6) is 0.915. The molecule has 0 bridgehead atoms. The Bertz CT molecular complexity index is 1010. The molecule has 0 aliphatic carbocycles. The van der Waals surface area contributed by atoms with Gasteiger partial charge >= 0.3 is 6.03 Å². The van der Waals surface area contributed by atoms with Crippen LogP contribution in [0.25, 0.3) is 0 Å². The quantitative estimate of drug-likeness (QED) is 0.591. The fourth-order valence-electron chi connectivity index (χ4n) is 3.06. The molecular weight excluding hydrogens is 409 g/mol. The van der Waals surface area contributed by atoms with Gasteiger partial charge in [0.1, 0.15) is 23.9 Å². The number of hydrogen-bond donors (Lipinski definition) is 2. The maximum atomic E-state index is 13.8. The van der Waals surface area contributed by atoms with Gasteiger partial charge in [-0.3, -0.25) is 0 Å². The molecule has 7 nitrogen and oxygen atoms in total. The second-order valence-corrected chi connectivity index (χ2v) is 7.31. The van der Waals surface area contributed by atoms with Crippen molar-refractivity contribution in [2.75, 3.05) is 18.7 Å². The van der Waals surface area contributed by atoms with E-state index in [4.69, 9.17) is 14.2 Å². The number of rotatable bonds is 7. The van der Waals surface area contributed by atoms with E-state index in [0.717, 1.165) is 5.69 Å². The Kier molecular flexibility index (Phi) is 6.41. The molecule has 2 N–H and O–H groups in total. The van der Waals surface area contributed by atoms with Gasteiger partial charge in [0, 0.05) is 29.2 Å². The van der Waals surface area contributed by atoms with Crippen LogP contribution in [0.15, 0.2) is 47.3 Å². The Morgan fingerprint density at radius 1 is 1.30 bits per heavy atom. The third-order valence-corrected chi connectivity index (χ3v) is 5.03. The Morgan fingerprint density at radius 3 is 3.10 bits per heavy atom. The molecule has 1 aliphatic rings. The number of anilines is 1. The molecule has 30 heavy (non-hydrogen) atoms. The molecule has 156 valence electrons. The van der Waals surface area contributed by atoms with Gasteiger partial charge in [0.15, 0.2) is 6.79 Å². The van der Waals surface area contributed by atoms with Crippen LogP contribution in [0.5, 0.6) is 11.5 Å². The van der Waals surface area contributed by atoms with Gasteiger partial charge in [-0.25, -0.2) is 14.2 Å². The molecule has 1 aliphatic heterocycles. The number of nitrogens with zero attached hydrogens (tertiary/aromatic N) is 1. The van der Waals surface area contributed by atoms with Gasteiger partial charge < -0.3 is 24.8 Å². The molecule has 0 spiro atoms. The highest BCUT2D eigenvalue weighted by molar-refractivity contribution is 7.07. The van der Waals surface area contributed by atoms with Crippen molar-refractivity contribution in [3.63, 3.8) is 0 Å². The number of halogens is 1. The van der Waals surface area contributed by atoms with Crippen LogP contribution in [0, 0.1) is 5.82 Å². The average molecular weight is 429 g/mol. The number of fused-ring (bicyclic) bond motifs is 1. The standard InChI is InChI=1S/C21H20FN3O4S/c22-16-6-14(20-15(7-16)9-27-13-29-20)4-5-23-21(26)25-17-2-1-3-19(8-17)28-10-18-11-30-12-24-18/h1-3,6-8,11-12H,4-5,9-10,13H2,(H2,23,25,26). The minimum atomic E-state index is -0.360. The highest BCUT2D eigenvalue weighted by Gasteiger charge is 2.17. The van der Waals surface area contributed by atoms with Crippen molar-refractivity contribution in [1.82, 2.24) is 10.3 Å². The number of carbonyl (C=O) groups excluding carboxylic acids is 1. The molecule has 1 aromatic heterocycles. The number of nitrogens with one attached hydrogen (secondary N) is 2. The molecule has 9 heteroatoms. The van der Waals surface area contributed by atoms with E-state index in [1.807, 2.05) is 11.4 Å². The van der Waals surface area contributed by atoms with E-state index in [9.17, 15) is 9.18 Å². The van der Waals surface area contributed by atoms with Crippen molar-refractivity contribution in [1.29, 1.82) is 0 Å². The predicted molar refractivity (Wildman–Crippen MR) is 110 cm³/mol. The van der Waals surface area contributed by atoms with Crippen LogP contribution in [0.2, 0.25) is 0 Å². The molecule has 0 saturated carbocycles. The largest absolute Gasteiger partial charge is 0.487 e. The fraction of sp³-hybridized carbons (Fsp3) is 0.238. The number of thiazole rings is 1. The Morgan fingerprint density at radius 2 is 2.23 bits per heavy atom. The van der Waals surface area contributed by atoms with Crippen molar-refractivity contribution < 1.29 is 23.4 Å². The first-order chi connectivity index (χ1) is 14.7. The highest BCUT2D eigenvalue weighted by Crippen LogP contribution is 2.29. The third-order valence-electron chi connectivity index (χ3n) is 4.39. The average Bonchev–Trinajstić information content (AvgIpc) is 3.26. The summed E-state index contributed by atoms with van der Waals surface area (Å²) in [6.45, 7) is 1.14. The minimum absolute atomic E-state index is 0.139. The van der Waals surface area contributed by atoms with Crippen LogP contribution in [0.3, 0.4) is 0 Å². The predicted octanol–water partition coefficient (Wildman–Crippen LogP) is 4.09. The Balaban J connectivity index is 1.28. The normalized spacial score (nSPS) is 12.6. The monoisotopic (exact) mass is 429 g/mol. The first kappa shape index (κ1) is 20.1. The van der Waals surface area contributed by atoms with Gasteiger partial charge in [-0.1, -0.05) is 6.07 Å². The topological polar surface area (TPSA) is 81.7 Å². The minimum Gasteiger partial charge on any atom is -0.487 e.